The van der Waals surface area contributed by atoms with Crippen LogP contribution in [-0.4, -0.2) is 24.7 Å². The number of likely N-dealkylation sites (N-methyl/N-ethyl adjacent to an activating group) is 1. The van der Waals surface area contributed by atoms with Crippen LogP contribution in [0.15, 0.2) is 36.7 Å². The number of rotatable bonds is 6. The van der Waals surface area contributed by atoms with Crippen LogP contribution >= 0.6 is 0 Å². The molecule has 2 unspecified atom stereocenters. The summed E-state index contributed by atoms with van der Waals surface area (Å²) < 4.78 is 5.63. The molecule has 2 rings (SSSR count). The summed E-state index contributed by atoms with van der Waals surface area (Å²) >= 11 is 0. The van der Waals surface area contributed by atoms with Gasteiger partial charge in [0.2, 0.25) is 0 Å². The molecule has 0 spiro atoms. The Morgan fingerprint density at radius 1 is 1.26 bits per heavy atom. The molecule has 1 N–H and O–H groups in total. The number of aromatic nitrogens is 1. The van der Waals surface area contributed by atoms with Crippen LogP contribution in [0.2, 0.25) is 0 Å². The summed E-state index contributed by atoms with van der Waals surface area (Å²) in [6, 6.07) is 8.64. The summed E-state index contributed by atoms with van der Waals surface area (Å²) in [7, 11) is 1.78. The topological polar surface area (TPSA) is 34.2 Å². The van der Waals surface area contributed by atoms with Gasteiger partial charge in [0, 0.05) is 24.9 Å². The maximum Gasteiger partial charge on any atom is 0.0763 e. The number of methoxy groups -OCH3 is 1. The van der Waals surface area contributed by atoms with E-state index < -0.39 is 0 Å². The van der Waals surface area contributed by atoms with Gasteiger partial charge in [-0.05, 0) is 30.0 Å². The third-order valence-corrected chi connectivity index (χ3v) is 3.55. The highest BCUT2D eigenvalue weighted by atomic mass is 16.5. The highest BCUT2D eigenvalue weighted by molar-refractivity contribution is 5.85. The fourth-order valence-corrected chi connectivity index (χ4v) is 2.61. The Morgan fingerprint density at radius 2 is 2.11 bits per heavy atom. The van der Waals surface area contributed by atoms with E-state index in [2.05, 4.69) is 48.4 Å². The van der Waals surface area contributed by atoms with Gasteiger partial charge in [-0.1, -0.05) is 32.0 Å². The molecule has 3 heteroatoms. The van der Waals surface area contributed by atoms with E-state index in [1.54, 1.807) is 7.11 Å². The molecular formula is C16H22N2O. The number of pyridine rings is 1. The Labute approximate surface area is 115 Å². The first-order valence-corrected chi connectivity index (χ1v) is 6.90. The van der Waals surface area contributed by atoms with E-state index in [9.17, 15) is 0 Å². The van der Waals surface area contributed by atoms with Gasteiger partial charge in [0.15, 0.2) is 0 Å². The van der Waals surface area contributed by atoms with E-state index in [1.165, 1.54) is 16.3 Å². The molecule has 2 aromatic rings. The molecule has 102 valence electrons. The van der Waals surface area contributed by atoms with Crippen molar-refractivity contribution in [2.75, 3.05) is 13.7 Å². The fraction of sp³-hybridized carbons (Fsp3) is 0.438. The molecule has 0 amide bonds. The monoisotopic (exact) mass is 258 g/mol. The average Bonchev–Trinajstić information content (AvgIpc) is 2.47. The zero-order valence-electron chi connectivity index (χ0n) is 11.9. The second-order valence-electron chi connectivity index (χ2n) is 4.66. The van der Waals surface area contributed by atoms with Crippen LogP contribution in [0, 0.1) is 0 Å². The van der Waals surface area contributed by atoms with Gasteiger partial charge >= 0.3 is 0 Å². The van der Waals surface area contributed by atoms with Crippen LogP contribution in [0.5, 0.6) is 0 Å². The lowest BCUT2D eigenvalue weighted by Crippen LogP contribution is -2.33. The molecule has 0 aliphatic heterocycles. The number of fused-ring (bicyclic) bond motifs is 1. The minimum atomic E-state index is 0.172. The summed E-state index contributed by atoms with van der Waals surface area (Å²) in [6.07, 6.45) is 4.93. The first-order chi connectivity index (χ1) is 9.31. The van der Waals surface area contributed by atoms with Crippen molar-refractivity contribution in [1.29, 1.82) is 0 Å². The molecule has 0 bridgehead atoms. The van der Waals surface area contributed by atoms with Crippen LogP contribution in [0.25, 0.3) is 10.8 Å². The predicted molar refractivity (Wildman–Crippen MR) is 79.2 cm³/mol. The van der Waals surface area contributed by atoms with Crippen molar-refractivity contribution in [3.8, 4) is 0 Å². The molecule has 0 radical (unpaired) electrons. The highest BCUT2D eigenvalue weighted by Gasteiger charge is 2.22. The number of nitrogens with one attached hydrogen (secondary N) is 1. The van der Waals surface area contributed by atoms with E-state index in [0.717, 1.165) is 13.0 Å². The summed E-state index contributed by atoms with van der Waals surface area (Å²) in [4.78, 5) is 4.26. The number of benzene rings is 1. The first-order valence-electron chi connectivity index (χ1n) is 6.90. The Bertz CT molecular complexity index is 518. The van der Waals surface area contributed by atoms with Gasteiger partial charge in [0.1, 0.15) is 0 Å². The van der Waals surface area contributed by atoms with E-state index in [1.807, 2.05) is 12.4 Å². The smallest absolute Gasteiger partial charge is 0.0763 e. The normalized spacial score (nSPS) is 14.5. The Hall–Kier alpha value is -1.45. The zero-order valence-corrected chi connectivity index (χ0v) is 11.9. The second-order valence-corrected chi connectivity index (χ2v) is 4.66. The Balaban J connectivity index is 2.49. The van der Waals surface area contributed by atoms with E-state index in [-0.39, 0.29) is 12.1 Å². The van der Waals surface area contributed by atoms with Gasteiger partial charge in [0.25, 0.3) is 0 Å². The molecule has 1 heterocycles. The Kier molecular flexibility index (Phi) is 4.88. The summed E-state index contributed by atoms with van der Waals surface area (Å²) in [6.45, 7) is 5.20. The molecule has 1 aromatic carbocycles. The lowest BCUT2D eigenvalue weighted by atomic mass is 9.95. The highest BCUT2D eigenvalue weighted by Crippen LogP contribution is 2.28. The maximum absolute atomic E-state index is 5.63. The Morgan fingerprint density at radius 3 is 2.79 bits per heavy atom. The van der Waals surface area contributed by atoms with Crippen molar-refractivity contribution < 1.29 is 4.74 Å². The van der Waals surface area contributed by atoms with Crippen molar-refractivity contribution >= 4 is 10.8 Å². The molecular weight excluding hydrogens is 236 g/mol. The number of nitrogens with zero attached hydrogens (tertiary/aromatic N) is 1. The van der Waals surface area contributed by atoms with Crippen LogP contribution < -0.4 is 5.32 Å². The van der Waals surface area contributed by atoms with E-state index in [4.69, 9.17) is 4.74 Å². The van der Waals surface area contributed by atoms with Crippen LogP contribution in [0.4, 0.5) is 0 Å². The molecule has 0 saturated carbocycles. The van der Waals surface area contributed by atoms with Crippen LogP contribution in [0.1, 0.15) is 31.9 Å². The van der Waals surface area contributed by atoms with Gasteiger partial charge in [-0.15, -0.1) is 0 Å². The lowest BCUT2D eigenvalue weighted by Gasteiger charge is -2.27. The van der Waals surface area contributed by atoms with Gasteiger partial charge in [-0.3, -0.25) is 4.98 Å². The van der Waals surface area contributed by atoms with Crippen molar-refractivity contribution in [3.63, 3.8) is 0 Å². The predicted octanol–water partition coefficient (Wildman–Crippen LogP) is 3.31. The number of ether oxygens (including phenoxy) is 1. The first kappa shape index (κ1) is 14.0. The quantitative estimate of drug-likeness (QED) is 0.863. The molecule has 0 aliphatic rings. The van der Waals surface area contributed by atoms with Crippen LogP contribution in [-0.2, 0) is 4.74 Å². The largest absolute Gasteiger partial charge is 0.379 e. The minimum Gasteiger partial charge on any atom is -0.379 e. The molecule has 2 atom stereocenters. The van der Waals surface area contributed by atoms with Gasteiger partial charge in [-0.25, -0.2) is 0 Å². The van der Waals surface area contributed by atoms with E-state index in [0.29, 0.717) is 0 Å². The summed E-state index contributed by atoms with van der Waals surface area (Å²) in [5, 5.41) is 5.96. The molecule has 0 fully saturated rings. The number of hydrogen-bond donors (Lipinski definition) is 1. The molecule has 19 heavy (non-hydrogen) atoms. The average molecular weight is 258 g/mol. The SMILES string of the molecule is CCNC(c1cccc2ccncc12)C(CC)OC. The molecule has 1 aromatic heterocycles. The van der Waals surface area contributed by atoms with Gasteiger partial charge in [0.05, 0.1) is 12.1 Å². The van der Waals surface area contributed by atoms with Gasteiger partial charge in [-0.2, -0.15) is 0 Å². The zero-order chi connectivity index (χ0) is 13.7. The van der Waals surface area contributed by atoms with Gasteiger partial charge < -0.3 is 10.1 Å². The van der Waals surface area contributed by atoms with Crippen molar-refractivity contribution in [2.24, 2.45) is 0 Å². The lowest BCUT2D eigenvalue weighted by molar-refractivity contribution is 0.0660. The number of hydrogen-bond acceptors (Lipinski definition) is 3. The summed E-state index contributed by atoms with van der Waals surface area (Å²) in [5.41, 5.74) is 1.26. The fourth-order valence-electron chi connectivity index (χ4n) is 2.61. The summed E-state index contributed by atoms with van der Waals surface area (Å²) in [5.74, 6) is 0. The maximum atomic E-state index is 5.63. The van der Waals surface area contributed by atoms with Crippen LogP contribution in [0.3, 0.4) is 0 Å². The molecule has 0 aliphatic carbocycles. The van der Waals surface area contributed by atoms with Crippen molar-refractivity contribution in [2.45, 2.75) is 32.4 Å². The minimum absolute atomic E-state index is 0.172. The second kappa shape index (κ2) is 6.64. The third-order valence-electron chi connectivity index (χ3n) is 3.55. The third kappa shape index (κ3) is 2.94. The molecule has 3 nitrogen and oxygen atoms in total. The molecule has 0 saturated heterocycles. The van der Waals surface area contributed by atoms with Crippen molar-refractivity contribution in [3.05, 3.63) is 42.2 Å². The van der Waals surface area contributed by atoms with Crippen molar-refractivity contribution in [1.82, 2.24) is 10.3 Å². The van der Waals surface area contributed by atoms with E-state index >= 15 is 0 Å². The standard InChI is InChI=1S/C16H22N2O/c1-4-15(19-3)16(18-5-2)13-8-6-7-12-9-10-17-11-14(12)13/h6-11,15-16,18H,4-5H2,1-3H3.